The number of fused-ring (bicyclic) bond motifs is 1. The number of aromatic nitrogens is 2. The van der Waals surface area contributed by atoms with Gasteiger partial charge < -0.3 is 9.80 Å². The number of piperidine rings is 1. The average molecular weight is 356 g/mol. The predicted octanol–water partition coefficient (Wildman–Crippen LogP) is 2.05. The van der Waals surface area contributed by atoms with E-state index in [2.05, 4.69) is 9.97 Å². The maximum absolute atomic E-state index is 12.8. The predicted molar refractivity (Wildman–Crippen MR) is 94.3 cm³/mol. The van der Waals surface area contributed by atoms with Crippen LogP contribution < -0.4 is 0 Å². The number of hydrogen-bond acceptors (Lipinski definition) is 4. The topological polar surface area (TPSA) is 66.4 Å². The van der Waals surface area contributed by atoms with Gasteiger partial charge in [-0.15, -0.1) is 0 Å². The van der Waals surface area contributed by atoms with Gasteiger partial charge in [-0.25, -0.2) is 4.98 Å². The molecule has 6 nitrogen and oxygen atoms in total. The van der Waals surface area contributed by atoms with E-state index in [0.717, 1.165) is 18.4 Å². The van der Waals surface area contributed by atoms with E-state index in [4.69, 9.17) is 0 Å². The maximum Gasteiger partial charge on any atom is 0.274 e. The monoisotopic (exact) mass is 356 g/mol. The van der Waals surface area contributed by atoms with Crippen LogP contribution in [0.3, 0.4) is 0 Å². The fraction of sp³-hybridized carbons (Fsp3) is 0.474. The number of carbonyl (C=O) groups excluding carboxylic acids is 2. The Bertz CT molecular complexity index is 835. The fourth-order valence-corrected chi connectivity index (χ4v) is 3.87. The number of hydrogen-bond donors (Lipinski definition) is 0. The minimum Gasteiger partial charge on any atom is -0.339 e. The van der Waals surface area contributed by atoms with Crippen molar-refractivity contribution in [1.82, 2.24) is 19.8 Å². The van der Waals surface area contributed by atoms with Crippen molar-refractivity contribution >= 4 is 22.8 Å². The molecule has 26 heavy (non-hydrogen) atoms. The van der Waals surface area contributed by atoms with Crippen molar-refractivity contribution < 1.29 is 14.0 Å². The van der Waals surface area contributed by atoms with Crippen molar-refractivity contribution in [3.63, 3.8) is 0 Å². The standard InChI is InChI=1S/C19H21FN4O2/c20-10-13-9-18(25)24(12-13)14-5-7-23(8-6-14)19(26)17-11-21-15-3-1-2-4-16(15)22-17/h1-4,11,13-14H,5-10,12H2. The van der Waals surface area contributed by atoms with Crippen molar-refractivity contribution in [2.75, 3.05) is 26.3 Å². The maximum atomic E-state index is 12.8. The second-order valence-corrected chi connectivity index (χ2v) is 7.04. The molecule has 136 valence electrons. The average Bonchev–Trinajstić information content (AvgIpc) is 3.08. The van der Waals surface area contributed by atoms with Gasteiger partial charge in [0.25, 0.3) is 5.91 Å². The number of benzene rings is 1. The number of likely N-dealkylation sites (tertiary alicyclic amines) is 2. The van der Waals surface area contributed by atoms with Crippen LogP contribution in [0.2, 0.25) is 0 Å². The molecule has 4 rings (SSSR count). The molecule has 2 aliphatic rings. The first-order valence-electron chi connectivity index (χ1n) is 9.02. The van der Waals surface area contributed by atoms with Crippen LogP contribution in [0.25, 0.3) is 11.0 Å². The summed E-state index contributed by atoms with van der Waals surface area (Å²) in [5.41, 5.74) is 1.81. The highest BCUT2D eigenvalue weighted by atomic mass is 19.1. The number of halogens is 1. The molecular formula is C19H21FN4O2. The van der Waals surface area contributed by atoms with Gasteiger partial charge in [0.05, 0.1) is 23.9 Å². The third kappa shape index (κ3) is 3.13. The van der Waals surface area contributed by atoms with E-state index in [1.165, 1.54) is 6.20 Å². The first-order chi connectivity index (χ1) is 12.7. The smallest absolute Gasteiger partial charge is 0.274 e. The molecule has 1 unspecified atom stereocenters. The SMILES string of the molecule is O=C(c1cnc2ccccc2n1)N1CCC(N2CC(CF)CC2=O)CC1. The summed E-state index contributed by atoms with van der Waals surface area (Å²) in [5, 5.41) is 0. The van der Waals surface area contributed by atoms with Crippen LogP contribution >= 0.6 is 0 Å². The van der Waals surface area contributed by atoms with E-state index in [-0.39, 0.29) is 23.8 Å². The minimum atomic E-state index is -0.444. The quantitative estimate of drug-likeness (QED) is 0.844. The van der Waals surface area contributed by atoms with Gasteiger partial charge in [0.1, 0.15) is 5.69 Å². The molecule has 2 saturated heterocycles. The Morgan fingerprint density at radius 2 is 1.92 bits per heavy atom. The Morgan fingerprint density at radius 3 is 2.62 bits per heavy atom. The molecule has 0 N–H and O–H groups in total. The molecule has 0 saturated carbocycles. The Hall–Kier alpha value is -2.57. The van der Waals surface area contributed by atoms with Gasteiger partial charge in [-0.1, -0.05) is 12.1 Å². The van der Waals surface area contributed by atoms with Crippen LogP contribution in [0.1, 0.15) is 29.8 Å². The van der Waals surface area contributed by atoms with Crippen LogP contribution in [-0.2, 0) is 4.79 Å². The van der Waals surface area contributed by atoms with Crippen LogP contribution in [-0.4, -0.2) is 63.9 Å². The minimum absolute atomic E-state index is 0.0397. The molecule has 0 radical (unpaired) electrons. The molecule has 0 spiro atoms. The molecule has 1 aromatic carbocycles. The second kappa shape index (κ2) is 6.97. The molecule has 1 atom stereocenters. The molecule has 2 aromatic rings. The molecule has 2 amide bonds. The number of alkyl halides is 1. The van der Waals surface area contributed by atoms with Gasteiger partial charge in [0.2, 0.25) is 5.91 Å². The molecular weight excluding hydrogens is 335 g/mol. The number of para-hydroxylation sites is 2. The van der Waals surface area contributed by atoms with Gasteiger partial charge in [0, 0.05) is 38.0 Å². The highest BCUT2D eigenvalue weighted by Gasteiger charge is 2.36. The number of carbonyl (C=O) groups is 2. The normalized spacial score (nSPS) is 21.6. The van der Waals surface area contributed by atoms with Crippen molar-refractivity contribution in [3.05, 3.63) is 36.2 Å². The number of nitrogens with zero attached hydrogens (tertiary/aromatic N) is 4. The Morgan fingerprint density at radius 1 is 1.19 bits per heavy atom. The summed E-state index contributed by atoms with van der Waals surface area (Å²) >= 11 is 0. The largest absolute Gasteiger partial charge is 0.339 e. The Kier molecular flexibility index (Phi) is 4.53. The summed E-state index contributed by atoms with van der Waals surface area (Å²) in [6.45, 7) is 1.20. The number of rotatable bonds is 3. The fourth-order valence-electron chi connectivity index (χ4n) is 3.87. The van der Waals surface area contributed by atoms with Crippen molar-refractivity contribution in [2.24, 2.45) is 5.92 Å². The summed E-state index contributed by atoms with van der Waals surface area (Å²) in [5.74, 6) is -0.260. The summed E-state index contributed by atoms with van der Waals surface area (Å²) in [6, 6.07) is 7.56. The zero-order valence-corrected chi connectivity index (χ0v) is 14.5. The van der Waals surface area contributed by atoms with E-state index >= 15 is 0 Å². The van der Waals surface area contributed by atoms with E-state index in [0.29, 0.717) is 37.3 Å². The van der Waals surface area contributed by atoms with E-state index in [9.17, 15) is 14.0 Å². The first kappa shape index (κ1) is 16.9. The second-order valence-electron chi connectivity index (χ2n) is 7.04. The number of amides is 2. The van der Waals surface area contributed by atoms with E-state index < -0.39 is 6.67 Å². The van der Waals surface area contributed by atoms with Gasteiger partial charge >= 0.3 is 0 Å². The lowest BCUT2D eigenvalue weighted by Gasteiger charge is -2.36. The molecule has 3 heterocycles. The summed E-state index contributed by atoms with van der Waals surface area (Å²) in [7, 11) is 0. The third-order valence-electron chi connectivity index (χ3n) is 5.32. The van der Waals surface area contributed by atoms with E-state index in [1.54, 1.807) is 4.90 Å². The summed E-state index contributed by atoms with van der Waals surface area (Å²) in [6.07, 6.45) is 3.27. The van der Waals surface area contributed by atoms with Crippen LogP contribution in [0.15, 0.2) is 30.5 Å². The molecule has 2 fully saturated rings. The van der Waals surface area contributed by atoms with Gasteiger partial charge in [-0.05, 0) is 25.0 Å². The van der Waals surface area contributed by atoms with Gasteiger partial charge in [-0.3, -0.25) is 19.0 Å². The van der Waals surface area contributed by atoms with Crippen molar-refractivity contribution in [1.29, 1.82) is 0 Å². The molecule has 2 aliphatic heterocycles. The zero-order chi connectivity index (χ0) is 18.1. The first-order valence-corrected chi connectivity index (χ1v) is 9.02. The van der Waals surface area contributed by atoms with Gasteiger partial charge in [-0.2, -0.15) is 0 Å². The molecule has 1 aromatic heterocycles. The highest BCUT2D eigenvalue weighted by Crippen LogP contribution is 2.26. The van der Waals surface area contributed by atoms with Crippen molar-refractivity contribution in [3.8, 4) is 0 Å². The molecule has 0 aliphatic carbocycles. The summed E-state index contributed by atoms with van der Waals surface area (Å²) in [4.78, 5) is 37.1. The lowest BCUT2D eigenvalue weighted by Crippen LogP contribution is -2.47. The van der Waals surface area contributed by atoms with Crippen LogP contribution in [0, 0.1) is 5.92 Å². The molecule has 7 heteroatoms. The van der Waals surface area contributed by atoms with Crippen LogP contribution in [0.5, 0.6) is 0 Å². The Labute approximate surface area is 151 Å². The lowest BCUT2D eigenvalue weighted by molar-refractivity contribution is -0.130. The zero-order valence-electron chi connectivity index (χ0n) is 14.5. The molecule has 0 bridgehead atoms. The van der Waals surface area contributed by atoms with Crippen LogP contribution in [0.4, 0.5) is 4.39 Å². The van der Waals surface area contributed by atoms with Gasteiger partial charge in [0.15, 0.2) is 0 Å². The van der Waals surface area contributed by atoms with Crippen molar-refractivity contribution in [2.45, 2.75) is 25.3 Å². The summed E-state index contributed by atoms with van der Waals surface area (Å²) < 4.78 is 12.8. The highest BCUT2D eigenvalue weighted by molar-refractivity contribution is 5.93. The lowest BCUT2D eigenvalue weighted by atomic mass is 10.0. The van der Waals surface area contributed by atoms with E-state index in [1.807, 2.05) is 29.2 Å². The Balaban J connectivity index is 1.41. The third-order valence-corrected chi connectivity index (χ3v) is 5.32.